The summed E-state index contributed by atoms with van der Waals surface area (Å²) in [5.41, 5.74) is 5.46. The Kier molecular flexibility index (Phi) is 8.07. The molecule has 3 aromatic rings. The minimum atomic E-state index is -0.255. The molecule has 1 aromatic heterocycles. The van der Waals surface area contributed by atoms with Gasteiger partial charge in [-0.1, -0.05) is 6.07 Å². The summed E-state index contributed by atoms with van der Waals surface area (Å²) >= 11 is 0. The summed E-state index contributed by atoms with van der Waals surface area (Å²) in [6.45, 7) is 11.9. The van der Waals surface area contributed by atoms with Gasteiger partial charge in [0.2, 0.25) is 0 Å². The normalized spacial score (nSPS) is 15.1. The van der Waals surface area contributed by atoms with Gasteiger partial charge in [-0.05, 0) is 70.1 Å². The number of hydrogen-bond donors (Lipinski definition) is 1. The van der Waals surface area contributed by atoms with Gasteiger partial charge >= 0.3 is 0 Å². The monoisotopic (exact) mass is 505 g/mol. The first-order valence-electron chi connectivity index (χ1n) is 12.9. The number of nitrogens with zero attached hydrogens (tertiary/aromatic N) is 4. The zero-order chi connectivity index (χ0) is 26.7. The lowest BCUT2D eigenvalue weighted by Crippen LogP contribution is -2.44. The Hall–Kier alpha value is -3.52. The van der Waals surface area contributed by atoms with Crippen LogP contribution in [-0.4, -0.2) is 67.0 Å². The van der Waals surface area contributed by atoms with Crippen LogP contribution in [0.4, 0.5) is 5.69 Å². The van der Waals surface area contributed by atoms with E-state index in [1.165, 1.54) is 0 Å². The molecule has 0 radical (unpaired) electrons. The summed E-state index contributed by atoms with van der Waals surface area (Å²) in [5.74, 6) is 1.20. The summed E-state index contributed by atoms with van der Waals surface area (Å²) in [6.07, 6.45) is 3.71. The number of rotatable bonds is 8. The van der Waals surface area contributed by atoms with Gasteiger partial charge in [-0.15, -0.1) is 0 Å². The molecule has 37 heavy (non-hydrogen) atoms. The molecule has 0 aliphatic carbocycles. The molecular formula is C29H39N5O3. The van der Waals surface area contributed by atoms with Crippen LogP contribution in [0.25, 0.3) is 11.1 Å². The van der Waals surface area contributed by atoms with E-state index in [0.717, 1.165) is 54.1 Å². The molecule has 1 atom stereocenters. The summed E-state index contributed by atoms with van der Waals surface area (Å²) in [4.78, 5) is 18.1. The lowest BCUT2D eigenvalue weighted by Gasteiger charge is -2.34. The second-order valence-electron chi connectivity index (χ2n) is 10.2. The van der Waals surface area contributed by atoms with Crippen LogP contribution in [0.1, 0.15) is 48.3 Å². The number of piperazine rings is 1. The fraction of sp³-hybridized carbons (Fsp3) is 0.448. The van der Waals surface area contributed by atoms with E-state index in [2.05, 4.69) is 33.3 Å². The molecule has 4 rings (SSSR count). The number of hydrogen-bond acceptors (Lipinski definition) is 6. The highest BCUT2D eigenvalue weighted by atomic mass is 16.5. The van der Waals surface area contributed by atoms with Crippen LogP contribution in [0.3, 0.4) is 0 Å². The number of ether oxygens (including phenoxy) is 2. The van der Waals surface area contributed by atoms with Gasteiger partial charge in [0.25, 0.3) is 5.91 Å². The first-order valence-corrected chi connectivity index (χ1v) is 12.9. The first kappa shape index (κ1) is 26.5. The Morgan fingerprint density at radius 3 is 2.41 bits per heavy atom. The maximum Gasteiger partial charge on any atom is 0.252 e. The van der Waals surface area contributed by atoms with E-state index in [4.69, 9.17) is 9.47 Å². The Labute approximate surface area is 220 Å². The maximum absolute atomic E-state index is 13.5. The second kappa shape index (κ2) is 11.3. The third-order valence-electron chi connectivity index (χ3n) is 6.84. The van der Waals surface area contributed by atoms with Gasteiger partial charge < -0.3 is 24.6 Å². The lowest BCUT2D eigenvalue weighted by atomic mass is 9.99. The van der Waals surface area contributed by atoms with Crippen LogP contribution >= 0.6 is 0 Å². The number of aryl methyl sites for hydroxylation is 2. The van der Waals surface area contributed by atoms with Crippen molar-refractivity contribution in [1.29, 1.82) is 0 Å². The van der Waals surface area contributed by atoms with E-state index < -0.39 is 0 Å². The molecule has 0 bridgehead atoms. The highest BCUT2D eigenvalue weighted by molar-refractivity contribution is 5.97. The molecule has 1 aliphatic rings. The minimum Gasteiger partial charge on any atom is -0.492 e. The largest absolute Gasteiger partial charge is 0.492 e. The third kappa shape index (κ3) is 6.07. The van der Waals surface area contributed by atoms with Crippen LogP contribution in [-0.2, 0) is 7.05 Å². The average Bonchev–Trinajstić information content (AvgIpc) is 3.30. The molecule has 1 fully saturated rings. The second-order valence-corrected chi connectivity index (χ2v) is 10.2. The van der Waals surface area contributed by atoms with E-state index in [9.17, 15) is 4.79 Å². The number of likely N-dealkylation sites (N-methyl/N-ethyl adjacent to an activating group) is 1. The molecule has 2 heterocycles. The summed E-state index contributed by atoms with van der Waals surface area (Å²) in [6, 6.07) is 9.91. The van der Waals surface area contributed by atoms with Crippen molar-refractivity contribution in [2.24, 2.45) is 7.05 Å². The number of nitrogens with one attached hydrogen (secondary N) is 1. The van der Waals surface area contributed by atoms with Gasteiger partial charge in [-0.2, -0.15) is 5.10 Å². The topological polar surface area (TPSA) is 71.9 Å². The molecule has 1 aliphatic heterocycles. The average molecular weight is 506 g/mol. The van der Waals surface area contributed by atoms with E-state index in [-0.39, 0.29) is 18.1 Å². The van der Waals surface area contributed by atoms with Gasteiger partial charge in [0.15, 0.2) is 11.5 Å². The van der Waals surface area contributed by atoms with Crippen molar-refractivity contribution >= 4 is 11.6 Å². The number of anilines is 1. The van der Waals surface area contributed by atoms with Gasteiger partial charge in [0, 0.05) is 61.8 Å². The molecule has 8 heteroatoms. The first-order chi connectivity index (χ1) is 17.7. The summed E-state index contributed by atoms with van der Waals surface area (Å²) in [5, 5.41) is 7.54. The number of carbonyl (C=O) groups is 1. The number of benzene rings is 2. The quantitative estimate of drug-likeness (QED) is 0.488. The van der Waals surface area contributed by atoms with E-state index in [0.29, 0.717) is 17.1 Å². The molecule has 0 saturated carbocycles. The van der Waals surface area contributed by atoms with Crippen molar-refractivity contribution in [2.75, 3.05) is 45.2 Å². The number of carbonyl (C=O) groups excluding carboxylic acids is 1. The Morgan fingerprint density at radius 2 is 1.78 bits per heavy atom. The SMILES string of the molecule is COc1c(OC(C)C)cc(C(C)NC(=O)c2cc(N3CCN(C)CC3)ccc2C)cc1-c1cnn(C)c1. The fourth-order valence-corrected chi connectivity index (χ4v) is 4.67. The van der Waals surface area contributed by atoms with Gasteiger partial charge in [-0.25, -0.2) is 0 Å². The van der Waals surface area contributed by atoms with Crippen molar-refractivity contribution < 1.29 is 14.3 Å². The molecule has 1 N–H and O–H groups in total. The van der Waals surface area contributed by atoms with Crippen LogP contribution in [0.5, 0.6) is 11.5 Å². The smallest absolute Gasteiger partial charge is 0.252 e. The van der Waals surface area contributed by atoms with Crippen molar-refractivity contribution in [1.82, 2.24) is 20.0 Å². The standard InChI is InChI=1S/C29H39N5O3/c1-19(2)37-27-15-22(14-26(28(27)36-7)23-17-30-33(6)18-23)21(4)31-29(35)25-16-24(9-8-20(25)3)34-12-10-32(5)11-13-34/h8-9,14-19,21H,10-13H2,1-7H3,(H,31,35). The van der Waals surface area contributed by atoms with Gasteiger partial charge in [0.1, 0.15) is 0 Å². The molecule has 1 saturated heterocycles. The highest BCUT2D eigenvalue weighted by Crippen LogP contribution is 2.41. The maximum atomic E-state index is 13.5. The Bertz CT molecular complexity index is 1240. The van der Waals surface area contributed by atoms with Gasteiger partial charge in [0.05, 0.1) is 25.5 Å². The molecule has 1 unspecified atom stereocenters. The van der Waals surface area contributed by atoms with Crippen LogP contribution in [0.15, 0.2) is 42.7 Å². The number of aromatic nitrogens is 2. The zero-order valence-corrected chi connectivity index (χ0v) is 23.0. The summed E-state index contributed by atoms with van der Waals surface area (Å²) < 4.78 is 13.6. The number of amides is 1. The summed E-state index contributed by atoms with van der Waals surface area (Å²) in [7, 11) is 5.67. The van der Waals surface area contributed by atoms with E-state index in [1.54, 1.807) is 18.0 Å². The Balaban J connectivity index is 1.62. The molecular weight excluding hydrogens is 466 g/mol. The van der Waals surface area contributed by atoms with Crippen molar-refractivity contribution in [3.8, 4) is 22.6 Å². The van der Waals surface area contributed by atoms with Crippen LogP contribution in [0.2, 0.25) is 0 Å². The predicted molar refractivity (Wildman–Crippen MR) is 148 cm³/mol. The van der Waals surface area contributed by atoms with Crippen LogP contribution in [0, 0.1) is 6.92 Å². The van der Waals surface area contributed by atoms with Crippen molar-refractivity contribution in [2.45, 2.75) is 39.8 Å². The third-order valence-corrected chi connectivity index (χ3v) is 6.84. The zero-order valence-electron chi connectivity index (χ0n) is 23.0. The highest BCUT2D eigenvalue weighted by Gasteiger charge is 2.22. The van der Waals surface area contributed by atoms with Crippen molar-refractivity contribution in [3.63, 3.8) is 0 Å². The van der Waals surface area contributed by atoms with Gasteiger partial charge in [-0.3, -0.25) is 9.48 Å². The fourth-order valence-electron chi connectivity index (χ4n) is 4.67. The Morgan fingerprint density at radius 1 is 1.05 bits per heavy atom. The molecule has 1 amide bonds. The lowest BCUT2D eigenvalue weighted by molar-refractivity contribution is 0.0939. The van der Waals surface area contributed by atoms with E-state index in [1.807, 2.05) is 65.2 Å². The molecule has 198 valence electrons. The number of methoxy groups -OCH3 is 1. The molecule has 0 spiro atoms. The molecule has 8 nitrogen and oxygen atoms in total. The van der Waals surface area contributed by atoms with E-state index >= 15 is 0 Å². The molecule has 2 aromatic carbocycles. The van der Waals surface area contributed by atoms with Crippen molar-refractivity contribution in [3.05, 3.63) is 59.4 Å². The predicted octanol–water partition coefficient (Wildman–Crippen LogP) is 4.43. The minimum absolute atomic E-state index is 0.0317. The van der Waals surface area contributed by atoms with Crippen LogP contribution < -0.4 is 19.7 Å².